The summed E-state index contributed by atoms with van der Waals surface area (Å²) in [6, 6.07) is 8.51. The lowest BCUT2D eigenvalue weighted by Gasteiger charge is -2.05. The first-order valence-electron chi connectivity index (χ1n) is 9.05. The van der Waals surface area contributed by atoms with E-state index >= 15 is 0 Å². The average molecular weight is 410 g/mol. The minimum Gasteiger partial charge on any atom is -0.444 e. The lowest BCUT2D eigenvalue weighted by Crippen LogP contribution is -2.34. The zero-order valence-corrected chi connectivity index (χ0v) is 16.6. The molecule has 0 saturated carbocycles. The molecule has 0 spiro atoms. The number of furan rings is 1. The zero-order valence-electron chi connectivity index (χ0n) is 15.8. The van der Waals surface area contributed by atoms with Gasteiger partial charge in [-0.05, 0) is 25.5 Å². The van der Waals surface area contributed by atoms with Crippen LogP contribution in [0.1, 0.15) is 33.7 Å². The number of amides is 1. The first kappa shape index (κ1) is 18.9. The summed E-state index contributed by atoms with van der Waals surface area (Å²) >= 11 is 1.53. The van der Waals surface area contributed by atoms with Crippen LogP contribution in [0.15, 0.2) is 49.7 Å². The molecular formula is C20H18N4O4S. The van der Waals surface area contributed by atoms with Crippen LogP contribution >= 0.6 is 11.3 Å². The number of thiazole rings is 1. The van der Waals surface area contributed by atoms with Crippen molar-refractivity contribution in [2.45, 2.75) is 26.8 Å². The molecule has 1 aromatic carbocycles. The number of carbonyl (C=O) groups excluding carboxylic acids is 1. The van der Waals surface area contributed by atoms with E-state index in [9.17, 15) is 14.4 Å². The van der Waals surface area contributed by atoms with Crippen LogP contribution in [0.25, 0.3) is 16.8 Å². The monoisotopic (exact) mass is 410 g/mol. The van der Waals surface area contributed by atoms with Gasteiger partial charge in [-0.2, -0.15) is 0 Å². The molecule has 4 rings (SSSR count). The third-order valence-electron chi connectivity index (χ3n) is 4.50. The topological polar surface area (TPSA) is 110 Å². The SMILES string of the molecule is CCc1nc(CNC(=O)c2c(C)oc3[nH]c(=O)n(-c4ccccc4)c(=O)c23)cs1. The number of para-hydroxylation sites is 1. The summed E-state index contributed by atoms with van der Waals surface area (Å²) in [6.07, 6.45) is 0.830. The number of carbonyl (C=O) groups is 1. The number of rotatable bonds is 5. The quantitative estimate of drug-likeness (QED) is 0.525. The Balaban J connectivity index is 1.76. The molecule has 0 aliphatic rings. The van der Waals surface area contributed by atoms with Gasteiger partial charge in [0.2, 0.25) is 5.71 Å². The van der Waals surface area contributed by atoms with Gasteiger partial charge < -0.3 is 9.73 Å². The summed E-state index contributed by atoms with van der Waals surface area (Å²) in [5.74, 6) is -0.209. The number of nitrogens with one attached hydrogen (secondary N) is 2. The molecule has 29 heavy (non-hydrogen) atoms. The summed E-state index contributed by atoms with van der Waals surface area (Å²) in [7, 11) is 0. The second kappa shape index (κ2) is 7.51. The van der Waals surface area contributed by atoms with Gasteiger partial charge in [-0.3, -0.25) is 14.6 Å². The van der Waals surface area contributed by atoms with Gasteiger partial charge >= 0.3 is 5.69 Å². The highest BCUT2D eigenvalue weighted by atomic mass is 32.1. The fraction of sp³-hybridized carbons (Fsp3) is 0.200. The Labute approximate surface area is 168 Å². The van der Waals surface area contributed by atoms with E-state index in [0.717, 1.165) is 21.7 Å². The number of hydrogen-bond donors (Lipinski definition) is 2. The molecule has 0 aliphatic carbocycles. The highest BCUT2D eigenvalue weighted by Gasteiger charge is 2.24. The van der Waals surface area contributed by atoms with E-state index in [1.54, 1.807) is 37.3 Å². The highest BCUT2D eigenvalue weighted by Crippen LogP contribution is 2.21. The van der Waals surface area contributed by atoms with Gasteiger partial charge in [0.25, 0.3) is 11.5 Å². The molecule has 0 saturated heterocycles. The Kier molecular flexibility index (Phi) is 4.89. The van der Waals surface area contributed by atoms with Gasteiger partial charge in [0.15, 0.2) is 0 Å². The Morgan fingerprint density at radius 3 is 2.72 bits per heavy atom. The summed E-state index contributed by atoms with van der Waals surface area (Å²) in [4.78, 5) is 45.3. The summed E-state index contributed by atoms with van der Waals surface area (Å²) in [5.41, 5.74) is -0.00215. The Morgan fingerprint density at radius 2 is 2.03 bits per heavy atom. The molecule has 0 fully saturated rings. The van der Waals surface area contributed by atoms with Gasteiger partial charge in [0.05, 0.1) is 28.5 Å². The van der Waals surface area contributed by atoms with Crippen LogP contribution in [-0.2, 0) is 13.0 Å². The standard InChI is InChI=1S/C20H18N4O4S/c1-3-14-22-12(10-29-14)9-21-17(25)15-11(2)28-18-16(15)19(26)24(20(27)23-18)13-7-5-4-6-8-13/h4-8,10H,3,9H2,1-2H3,(H,21,25)(H,23,27). The van der Waals surface area contributed by atoms with Crippen molar-refractivity contribution in [2.75, 3.05) is 0 Å². The fourth-order valence-electron chi connectivity index (χ4n) is 3.13. The lowest BCUT2D eigenvalue weighted by atomic mass is 10.1. The highest BCUT2D eigenvalue weighted by molar-refractivity contribution is 7.09. The van der Waals surface area contributed by atoms with Crippen molar-refractivity contribution in [3.8, 4) is 5.69 Å². The second-order valence-corrected chi connectivity index (χ2v) is 7.36. The van der Waals surface area contributed by atoms with Crippen molar-refractivity contribution in [3.63, 3.8) is 0 Å². The van der Waals surface area contributed by atoms with Crippen molar-refractivity contribution in [3.05, 3.63) is 78.6 Å². The third-order valence-corrected chi connectivity index (χ3v) is 5.54. The van der Waals surface area contributed by atoms with Crippen LogP contribution in [0.3, 0.4) is 0 Å². The normalized spacial score (nSPS) is 11.1. The van der Waals surface area contributed by atoms with Crippen molar-refractivity contribution >= 4 is 28.3 Å². The van der Waals surface area contributed by atoms with Gasteiger partial charge in [-0.1, -0.05) is 25.1 Å². The van der Waals surface area contributed by atoms with Gasteiger partial charge in [0, 0.05) is 5.38 Å². The molecule has 2 N–H and O–H groups in total. The van der Waals surface area contributed by atoms with E-state index in [-0.39, 0.29) is 29.0 Å². The maximum absolute atomic E-state index is 13.1. The van der Waals surface area contributed by atoms with Crippen LogP contribution in [0.5, 0.6) is 0 Å². The molecule has 8 nitrogen and oxygen atoms in total. The van der Waals surface area contributed by atoms with Gasteiger partial charge in [-0.15, -0.1) is 11.3 Å². The molecule has 3 aromatic heterocycles. The zero-order chi connectivity index (χ0) is 20.5. The number of hydrogen-bond acceptors (Lipinski definition) is 6. The molecule has 0 atom stereocenters. The van der Waals surface area contributed by atoms with E-state index in [1.165, 1.54) is 11.3 Å². The molecule has 148 valence electrons. The van der Waals surface area contributed by atoms with E-state index < -0.39 is 17.2 Å². The largest absolute Gasteiger partial charge is 0.444 e. The maximum Gasteiger partial charge on any atom is 0.335 e. The predicted octanol–water partition coefficient (Wildman–Crippen LogP) is 2.53. The molecule has 3 heterocycles. The number of aryl methyl sites for hydroxylation is 2. The molecule has 0 bridgehead atoms. The minimum atomic E-state index is -0.635. The maximum atomic E-state index is 13.1. The number of benzene rings is 1. The number of H-pyrrole nitrogens is 1. The van der Waals surface area contributed by atoms with Gasteiger partial charge in [0.1, 0.15) is 11.1 Å². The molecule has 0 unspecified atom stereocenters. The number of nitrogens with zero attached hydrogens (tertiary/aromatic N) is 2. The smallest absolute Gasteiger partial charge is 0.335 e. The first-order valence-corrected chi connectivity index (χ1v) is 9.93. The number of aromatic nitrogens is 3. The summed E-state index contributed by atoms with van der Waals surface area (Å²) in [6.45, 7) is 3.83. The van der Waals surface area contributed by atoms with Crippen molar-refractivity contribution < 1.29 is 9.21 Å². The molecule has 1 amide bonds. The van der Waals surface area contributed by atoms with Crippen molar-refractivity contribution in [1.82, 2.24) is 19.9 Å². The summed E-state index contributed by atoms with van der Waals surface area (Å²) in [5, 5.41) is 5.69. The minimum absolute atomic E-state index is 0.0169. The van der Waals surface area contributed by atoms with Crippen LogP contribution in [0.4, 0.5) is 0 Å². The number of fused-ring (bicyclic) bond motifs is 1. The number of aromatic amines is 1. The fourth-order valence-corrected chi connectivity index (χ4v) is 3.88. The van der Waals surface area contributed by atoms with Crippen LogP contribution in [-0.4, -0.2) is 20.4 Å². The summed E-state index contributed by atoms with van der Waals surface area (Å²) < 4.78 is 6.49. The van der Waals surface area contributed by atoms with Gasteiger partial charge in [-0.25, -0.2) is 14.3 Å². The predicted molar refractivity (Wildman–Crippen MR) is 110 cm³/mol. The van der Waals surface area contributed by atoms with E-state index in [1.807, 2.05) is 12.3 Å². The van der Waals surface area contributed by atoms with E-state index in [0.29, 0.717) is 5.69 Å². The molecule has 4 aromatic rings. The molecule has 0 aliphatic heterocycles. The lowest BCUT2D eigenvalue weighted by molar-refractivity contribution is 0.0950. The first-order chi connectivity index (χ1) is 14.0. The van der Waals surface area contributed by atoms with Crippen LogP contribution in [0.2, 0.25) is 0 Å². The Hall–Kier alpha value is -3.46. The average Bonchev–Trinajstić information content (AvgIpc) is 3.30. The van der Waals surface area contributed by atoms with Crippen LogP contribution in [0, 0.1) is 6.92 Å². The Bertz CT molecular complexity index is 1310. The van der Waals surface area contributed by atoms with Crippen LogP contribution < -0.4 is 16.6 Å². The second-order valence-electron chi connectivity index (χ2n) is 6.41. The van der Waals surface area contributed by atoms with E-state index in [4.69, 9.17) is 4.42 Å². The third kappa shape index (κ3) is 3.40. The van der Waals surface area contributed by atoms with Crippen molar-refractivity contribution in [1.29, 1.82) is 0 Å². The molecular weight excluding hydrogens is 392 g/mol. The van der Waals surface area contributed by atoms with E-state index in [2.05, 4.69) is 15.3 Å². The molecule has 0 radical (unpaired) electrons. The Morgan fingerprint density at radius 1 is 1.28 bits per heavy atom. The molecule has 9 heteroatoms. The van der Waals surface area contributed by atoms with Crippen molar-refractivity contribution in [2.24, 2.45) is 0 Å².